The molecule has 0 atom stereocenters. The Bertz CT molecular complexity index is 933. The smallest absolute Gasteiger partial charge is 0.138 e. The molecule has 0 saturated heterocycles. The van der Waals surface area contributed by atoms with Gasteiger partial charge in [-0.15, -0.1) is 0 Å². The zero-order chi connectivity index (χ0) is 16.2. The van der Waals surface area contributed by atoms with Crippen molar-refractivity contribution in [1.82, 2.24) is 19.9 Å². The minimum atomic E-state index is 0.581. The van der Waals surface area contributed by atoms with Gasteiger partial charge in [0, 0.05) is 24.3 Å². The van der Waals surface area contributed by atoms with Gasteiger partial charge in [-0.1, -0.05) is 42.5 Å². The summed E-state index contributed by atoms with van der Waals surface area (Å²) in [6.45, 7) is 0.724. The number of nitrogens with zero attached hydrogens (tertiary/aromatic N) is 3. The first-order chi connectivity index (χ1) is 11.9. The van der Waals surface area contributed by atoms with Gasteiger partial charge in [-0.3, -0.25) is 0 Å². The second kappa shape index (κ2) is 6.50. The van der Waals surface area contributed by atoms with Gasteiger partial charge < -0.3 is 10.3 Å². The monoisotopic (exact) mass is 315 g/mol. The molecule has 0 spiro atoms. The van der Waals surface area contributed by atoms with Crippen LogP contribution in [0.15, 0.2) is 67.0 Å². The normalized spacial score (nSPS) is 10.8. The molecule has 4 rings (SSSR count). The lowest BCUT2D eigenvalue weighted by Crippen LogP contribution is -2.06. The molecule has 5 heteroatoms. The maximum absolute atomic E-state index is 4.71. The van der Waals surface area contributed by atoms with E-state index in [0.29, 0.717) is 6.42 Å². The first kappa shape index (κ1) is 14.4. The van der Waals surface area contributed by atoms with Crippen LogP contribution in [-0.2, 0) is 13.0 Å². The van der Waals surface area contributed by atoms with Crippen LogP contribution < -0.4 is 5.32 Å². The number of hydrogen-bond acceptors (Lipinski definition) is 4. The Morgan fingerprint density at radius 2 is 1.75 bits per heavy atom. The fraction of sp³-hybridized carbons (Fsp3) is 0.105. The van der Waals surface area contributed by atoms with E-state index in [1.165, 1.54) is 5.56 Å². The molecule has 0 aliphatic heterocycles. The maximum Gasteiger partial charge on any atom is 0.138 e. The van der Waals surface area contributed by atoms with Crippen molar-refractivity contribution in [3.63, 3.8) is 0 Å². The zero-order valence-electron chi connectivity index (χ0n) is 13.1. The summed E-state index contributed by atoms with van der Waals surface area (Å²) >= 11 is 0. The topological polar surface area (TPSA) is 66.5 Å². The van der Waals surface area contributed by atoms with Crippen LogP contribution in [0.1, 0.15) is 17.2 Å². The van der Waals surface area contributed by atoms with E-state index in [2.05, 4.69) is 32.4 Å². The van der Waals surface area contributed by atoms with Crippen molar-refractivity contribution in [1.29, 1.82) is 0 Å². The minimum absolute atomic E-state index is 0.581. The van der Waals surface area contributed by atoms with Crippen molar-refractivity contribution in [2.75, 3.05) is 5.32 Å². The van der Waals surface area contributed by atoms with Gasteiger partial charge in [-0.2, -0.15) is 0 Å². The molecular weight excluding hydrogens is 298 g/mol. The molecule has 24 heavy (non-hydrogen) atoms. The van der Waals surface area contributed by atoms with E-state index >= 15 is 0 Å². The first-order valence-electron chi connectivity index (χ1n) is 7.90. The Balaban J connectivity index is 1.66. The molecule has 2 heterocycles. The first-order valence-corrected chi connectivity index (χ1v) is 7.90. The predicted molar refractivity (Wildman–Crippen MR) is 94.7 cm³/mol. The number of H-pyrrole nitrogens is 1. The Kier molecular flexibility index (Phi) is 3.90. The van der Waals surface area contributed by atoms with Crippen LogP contribution in [0.25, 0.3) is 10.9 Å². The van der Waals surface area contributed by atoms with Gasteiger partial charge in [0.1, 0.15) is 17.5 Å². The van der Waals surface area contributed by atoms with Gasteiger partial charge in [0.25, 0.3) is 0 Å². The van der Waals surface area contributed by atoms with Gasteiger partial charge in [0.15, 0.2) is 0 Å². The van der Waals surface area contributed by atoms with Gasteiger partial charge in [0.2, 0.25) is 0 Å². The van der Waals surface area contributed by atoms with Crippen molar-refractivity contribution in [2.45, 2.75) is 13.0 Å². The van der Waals surface area contributed by atoms with Crippen molar-refractivity contribution in [3.8, 4) is 0 Å². The van der Waals surface area contributed by atoms with E-state index in [1.807, 2.05) is 48.7 Å². The Labute approximate surface area is 139 Å². The number of para-hydroxylation sites is 1. The van der Waals surface area contributed by atoms with E-state index in [0.717, 1.165) is 34.9 Å². The molecule has 0 amide bonds. The fourth-order valence-electron chi connectivity index (χ4n) is 2.66. The number of aromatic amines is 1. The molecule has 0 saturated carbocycles. The maximum atomic E-state index is 4.71. The number of hydrogen-bond donors (Lipinski definition) is 2. The second-order valence-corrected chi connectivity index (χ2v) is 5.56. The van der Waals surface area contributed by atoms with Crippen LogP contribution in [0.5, 0.6) is 0 Å². The third kappa shape index (κ3) is 3.10. The minimum Gasteiger partial charge on any atom is -0.365 e. The highest BCUT2D eigenvalue weighted by atomic mass is 15.0. The van der Waals surface area contributed by atoms with E-state index in [9.17, 15) is 0 Å². The van der Waals surface area contributed by atoms with Crippen molar-refractivity contribution < 1.29 is 0 Å². The lowest BCUT2D eigenvalue weighted by molar-refractivity contribution is 0.924. The second-order valence-electron chi connectivity index (χ2n) is 5.56. The lowest BCUT2D eigenvalue weighted by atomic mass is 10.2. The summed E-state index contributed by atoms with van der Waals surface area (Å²) in [5.74, 6) is 2.46. The van der Waals surface area contributed by atoms with Crippen molar-refractivity contribution >= 4 is 16.7 Å². The molecule has 2 aromatic carbocycles. The van der Waals surface area contributed by atoms with Gasteiger partial charge >= 0.3 is 0 Å². The molecular formula is C19H17N5. The highest BCUT2D eigenvalue weighted by Crippen LogP contribution is 2.21. The predicted octanol–water partition coefficient (Wildman–Crippen LogP) is 3.56. The summed E-state index contributed by atoms with van der Waals surface area (Å²) in [7, 11) is 0. The van der Waals surface area contributed by atoms with E-state index < -0.39 is 0 Å². The van der Waals surface area contributed by atoms with Crippen LogP contribution in [-0.4, -0.2) is 19.9 Å². The van der Waals surface area contributed by atoms with Crippen LogP contribution in [0.3, 0.4) is 0 Å². The highest BCUT2D eigenvalue weighted by Gasteiger charge is 2.09. The van der Waals surface area contributed by atoms with Crippen LogP contribution >= 0.6 is 0 Å². The third-order valence-corrected chi connectivity index (χ3v) is 3.83. The van der Waals surface area contributed by atoms with Crippen molar-refractivity contribution in [3.05, 3.63) is 84.2 Å². The third-order valence-electron chi connectivity index (χ3n) is 3.83. The lowest BCUT2D eigenvalue weighted by Gasteiger charge is -2.10. The van der Waals surface area contributed by atoms with Gasteiger partial charge in [0.05, 0.1) is 11.9 Å². The van der Waals surface area contributed by atoms with Gasteiger partial charge in [-0.25, -0.2) is 15.0 Å². The summed E-state index contributed by atoms with van der Waals surface area (Å²) in [6.07, 6.45) is 4.13. The number of benzene rings is 2. The number of imidazole rings is 1. The number of nitrogens with one attached hydrogen (secondary N) is 2. The molecule has 2 aromatic heterocycles. The fourth-order valence-corrected chi connectivity index (χ4v) is 2.66. The SMILES string of the molecule is c1ccc(CNc2nc(Cc3ncc[nH]3)nc3ccccc23)cc1. The van der Waals surface area contributed by atoms with Gasteiger partial charge in [-0.05, 0) is 17.7 Å². The Hall–Kier alpha value is -3.21. The molecule has 2 N–H and O–H groups in total. The Morgan fingerprint density at radius 3 is 2.58 bits per heavy atom. The average Bonchev–Trinajstić information content (AvgIpc) is 3.13. The van der Waals surface area contributed by atoms with E-state index in [-0.39, 0.29) is 0 Å². The molecule has 5 nitrogen and oxygen atoms in total. The van der Waals surface area contributed by atoms with Crippen LogP contribution in [0.2, 0.25) is 0 Å². The van der Waals surface area contributed by atoms with E-state index in [1.54, 1.807) is 6.20 Å². The standard InChI is InChI=1S/C19H17N5/c1-2-6-14(7-3-1)13-22-19-15-8-4-5-9-16(15)23-18(24-19)12-17-20-10-11-21-17/h1-11H,12-13H2,(H,20,21)(H,22,23,24). The molecule has 4 aromatic rings. The van der Waals surface area contributed by atoms with Crippen LogP contribution in [0, 0.1) is 0 Å². The van der Waals surface area contributed by atoms with Crippen molar-refractivity contribution in [2.24, 2.45) is 0 Å². The Morgan fingerprint density at radius 1 is 0.917 bits per heavy atom. The number of anilines is 1. The van der Waals surface area contributed by atoms with Crippen LogP contribution in [0.4, 0.5) is 5.82 Å². The summed E-state index contributed by atoms with van der Waals surface area (Å²) < 4.78 is 0. The summed E-state index contributed by atoms with van der Waals surface area (Å²) in [4.78, 5) is 16.7. The summed E-state index contributed by atoms with van der Waals surface area (Å²) in [6, 6.07) is 18.3. The molecule has 0 unspecified atom stereocenters. The zero-order valence-corrected chi connectivity index (χ0v) is 13.1. The quantitative estimate of drug-likeness (QED) is 0.591. The molecule has 0 radical (unpaired) electrons. The number of rotatable bonds is 5. The molecule has 0 fully saturated rings. The molecule has 0 aliphatic rings. The highest BCUT2D eigenvalue weighted by molar-refractivity contribution is 5.89. The molecule has 0 bridgehead atoms. The largest absolute Gasteiger partial charge is 0.365 e. The molecule has 118 valence electrons. The summed E-state index contributed by atoms with van der Waals surface area (Å²) in [5, 5.41) is 4.47. The molecule has 0 aliphatic carbocycles. The van der Waals surface area contributed by atoms with E-state index in [4.69, 9.17) is 4.98 Å². The summed E-state index contributed by atoms with van der Waals surface area (Å²) in [5.41, 5.74) is 2.15. The number of aromatic nitrogens is 4. The number of fused-ring (bicyclic) bond motifs is 1. The average molecular weight is 315 g/mol.